The molecule has 2 aromatic carbocycles. The SMILES string of the molecule is CCCOc1cc(Cl)c(CNc2ccccc2)cc1OC. The Kier molecular flexibility index (Phi) is 5.76. The molecule has 2 aromatic rings. The van der Waals surface area contributed by atoms with Gasteiger partial charge in [-0.1, -0.05) is 36.7 Å². The van der Waals surface area contributed by atoms with Gasteiger partial charge in [0.25, 0.3) is 0 Å². The zero-order chi connectivity index (χ0) is 15.1. The van der Waals surface area contributed by atoms with Crippen molar-refractivity contribution in [1.82, 2.24) is 0 Å². The molecule has 0 radical (unpaired) electrons. The van der Waals surface area contributed by atoms with Gasteiger partial charge in [-0.2, -0.15) is 0 Å². The van der Waals surface area contributed by atoms with E-state index in [0.29, 0.717) is 29.7 Å². The number of hydrogen-bond donors (Lipinski definition) is 1. The highest BCUT2D eigenvalue weighted by molar-refractivity contribution is 6.31. The Hall–Kier alpha value is -1.87. The van der Waals surface area contributed by atoms with E-state index < -0.39 is 0 Å². The molecule has 0 aliphatic heterocycles. The van der Waals surface area contributed by atoms with E-state index in [1.165, 1.54) is 0 Å². The number of benzene rings is 2. The molecule has 0 saturated carbocycles. The van der Waals surface area contributed by atoms with Crippen LogP contribution in [0.1, 0.15) is 18.9 Å². The van der Waals surface area contributed by atoms with Gasteiger partial charge in [-0.05, 0) is 30.2 Å². The van der Waals surface area contributed by atoms with E-state index in [4.69, 9.17) is 21.1 Å². The molecule has 4 heteroatoms. The fourth-order valence-corrected chi connectivity index (χ4v) is 2.17. The van der Waals surface area contributed by atoms with E-state index in [9.17, 15) is 0 Å². The average molecular weight is 306 g/mol. The first-order valence-electron chi connectivity index (χ1n) is 7.02. The number of hydrogen-bond acceptors (Lipinski definition) is 3. The number of ether oxygens (including phenoxy) is 2. The van der Waals surface area contributed by atoms with E-state index in [-0.39, 0.29) is 0 Å². The van der Waals surface area contributed by atoms with Crippen LogP contribution in [-0.2, 0) is 6.54 Å². The van der Waals surface area contributed by atoms with Crippen LogP contribution in [0.4, 0.5) is 5.69 Å². The summed E-state index contributed by atoms with van der Waals surface area (Å²) in [4.78, 5) is 0. The summed E-state index contributed by atoms with van der Waals surface area (Å²) in [5.74, 6) is 1.39. The Morgan fingerprint density at radius 2 is 1.86 bits per heavy atom. The van der Waals surface area contributed by atoms with E-state index in [2.05, 4.69) is 12.2 Å². The van der Waals surface area contributed by atoms with E-state index in [0.717, 1.165) is 17.7 Å². The van der Waals surface area contributed by atoms with Gasteiger partial charge in [-0.25, -0.2) is 0 Å². The predicted octanol–water partition coefficient (Wildman–Crippen LogP) is 4.75. The molecule has 0 saturated heterocycles. The van der Waals surface area contributed by atoms with Crippen molar-refractivity contribution < 1.29 is 9.47 Å². The van der Waals surface area contributed by atoms with E-state index >= 15 is 0 Å². The Balaban J connectivity index is 2.12. The highest BCUT2D eigenvalue weighted by Crippen LogP contribution is 2.33. The van der Waals surface area contributed by atoms with Gasteiger partial charge in [-0.3, -0.25) is 0 Å². The van der Waals surface area contributed by atoms with Crippen LogP contribution >= 0.6 is 11.6 Å². The predicted molar refractivity (Wildman–Crippen MR) is 87.6 cm³/mol. The molecule has 0 amide bonds. The van der Waals surface area contributed by atoms with Gasteiger partial charge in [0, 0.05) is 23.3 Å². The summed E-state index contributed by atoms with van der Waals surface area (Å²) in [7, 11) is 1.64. The first kappa shape index (κ1) is 15.5. The van der Waals surface area contributed by atoms with Crippen LogP contribution in [0.15, 0.2) is 42.5 Å². The normalized spacial score (nSPS) is 10.2. The van der Waals surface area contributed by atoms with Gasteiger partial charge >= 0.3 is 0 Å². The molecular weight excluding hydrogens is 286 g/mol. The molecule has 0 unspecified atom stereocenters. The van der Waals surface area contributed by atoms with Crippen LogP contribution in [0.2, 0.25) is 5.02 Å². The summed E-state index contributed by atoms with van der Waals surface area (Å²) >= 11 is 6.33. The second-order valence-electron chi connectivity index (χ2n) is 4.66. The standard InChI is InChI=1S/C17H20ClNO2/c1-3-9-21-17-11-15(18)13(10-16(17)20-2)12-19-14-7-5-4-6-8-14/h4-8,10-11,19H,3,9,12H2,1-2H3. The maximum absolute atomic E-state index is 6.33. The smallest absolute Gasteiger partial charge is 0.162 e. The molecule has 0 aromatic heterocycles. The van der Waals surface area contributed by atoms with Crippen LogP contribution in [0, 0.1) is 0 Å². The Morgan fingerprint density at radius 1 is 1.10 bits per heavy atom. The first-order chi connectivity index (χ1) is 10.2. The Bertz CT molecular complexity index is 573. The molecule has 0 atom stereocenters. The Morgan fingerprint density at radius 3 is 2.52 bits per heavy atom. The molecule has 0 spiro atoms. The summed E-state index contributed by atoms with van der Waals surface area (Å²) in [5.41, 5.74) is 2.03. The minimum absolute atomic E-state index is 0.632. The fourth-order valence-electron chi connectivity index (χ4n) is 1.95. The van der Waals surface area contributed by atoms with E-state index in [1.807, 2.05) is 42.5 Å². The van der Waals surface area contributed by atoms with Gasteiger partial charge < -0.3 is 14.8 Å². The summed E-state index contributed by atoms with van der Waals surface area (Å²) in [6.45, 7) is 3.34. The quantitative estimate of drug-likeness (QED) is 0.800. The number of nitrogens with one attached hydrogen (secondary N) is 1. The van der Waals surface area contributed by atoms with Crippen molar-refractivity contribution in [3.8, 4) is 11.5 Å². The molecule has 1 N–H and O–H groups in total. The zero-order valence-electron chi connectivity index (χ0n) is 12.4. The van der Waals surface area contributed by atoms with Crippen LogP contribution < -0.4 is 14.8 Å². The van der Waals surface area contributed by atoms with Crippen molar-refractivity contribution >= 4 is 17.3 Å². The number of para-hydroxylation sites is 1. The number of methoxy groups -OCH3 is 1. The lowest BCUT2D eigenvalue weighted by molar-refractivity contribution is 0.294. The average Bonchev–Trinajstić information content (AvgIpc) is 2.52. The van der Waals surface area contributed by atoms with Crippen LogP contribution in [-0.4, -0.2) is 13.7 Å². The van der Waals surface area contributed by atoms with Gasteiger partial charge in [-0.15, -0.1) is 0 Å². The number of rotatable bonds is 7. The van der Waals surface area contributed by atoms with Crippen molar-refractivity contribution in [3.05, 3.63) is 53.1 Å². The Labute approximate surface area is 130 Å². The summed E-state index contributed by atoms with van der Waals surface area (Å²) < 4.78 is 11.0. The topological polar surface area (TPSA) is 30.5 Å². The molecular formula is C17H20ClNO2. The van der Waals surface area contributed by atoms with Crippen LogP contribution in [0.25, 0.3) is 0 Å². The number of halogens is 1. The molecule has 21 heavy (non-hydrogen) atoms. The van der Waals surface area contributed by atoms with Crippen molar-refractivity contribution in [1.29, 1.82) is 0 Å². The maximum Gasteiger partial charge on any atom is 0.162 e. The minimum Gasteiger partial charge on any atom is -0.493 e. The van der Waals surface area contributed by atoms with Crippen LogP contribution in [0.5, 0.6) is 11.5 Å². The molecule has 112 valence electrons. The third-order valence-electron chi connectivity index (χ3n) is 3.05. The maximum atomic E-state index is 6.33. The largest absolute Gasteiger partial charge is 0.493 e. The fraction of sp³-hybridized carbons (Fsp3) is 0.294. The van der Waals surface area contributed by atoms with Gasteiger partial charge in [0.1, 0.15) is 0 Å². The van der Waals surface area contributed by atoms with Crippen molar-refractivity contribution in [2.24, 2.45) is 0 Å². The minimum atomic E-state index is 0.632. The molecule has 3 nitrogen and oxygen atoms in total. The summed E-state index contributed by atoms with van der Waals surface area (Å²) in [6, 6.07) is 13.7. The molecule has 2 rings (SSSR count). The lowest BCUT2D eigenvalue weighted by Crippen LogP contribution is -2.03. The highest BCUT2D eigenvalue weighted by Gasteiger charge is 2.10. The molecule has 0 heterocycles. The molecule has 0 fully saturated rings. The van der Waals surface area contributed by atoms with Gasteiger partial charge in [0.05, 0.1) is 13.7 Å². The lowest BCUT2D eigenvalue weighted by atomic mass is 10.2. The van der Waals surface area contributed by atoms with Crippen LogP contribution in [0.3, 0.4) is 0 Å². The molecule has 0 bridgehead atoms. The van der Waals surface area contributed by atoms with Crippen molar-refractivity contribution in [2.75, 3.05) is 19.0 Å². The highest BCUT2D eigenvalue weighted by atomic mass is 35.5. The third-order valence-corrected chi connectivity index (χ3v) is 3.40. The van der Waals surface area contributed by atoms with Crippen molar-refractivity contribution in [2.45, 2.75) is 19.9 Å². The monoisotopic (exact) mass is 305 g/mol. The lowest BCUT2D eigenvalue weighted by Gasteiger charge is -2.14. The first-order valence-corrected chi connectivity index (χ1v) is 7.40. The van der Waals surface area contributed by atoms with E-state index in [1.54, 1.807) is 7.11 Å². The van der Waals surface area contributed by atoms with Gasteiger partial charge in [0.15, 0.2) is 11.5 Å². The third kappa shape index (κ3) is 4.30. The molecule has 0 aliphatic rings. The second-order valence-corrected chi connectivity index (χ2v) is 5.07. The summed E-state index contributed by atoms with van der Waals surface area (Å²) in [6.07, 6.45) is 0.943. The second kappa shape index (κ2) is 7.79. The van der Waals surface area contributed by atoms with Gasteiger partial charge in [0.2, 0.25) is 0 Å². The molecule has 0 aliphatic carbocycles. The number of anilines is 1. The zero-order valence-corrected chi connectivity index (χ0v) is 13.1. The van der Waals surface area contributed by atoms with Crippen molar-refractivity contribution in [3.63, 3.8) is 0 Å². The summed E-state index contributed by atoms with van der Waals surface area (Å²) in [5, 5.41) is 4.01.